The van der Waals surface area contributed by atoms with Gasteiger partial charge in [-0.05, 0) is 26.2 Å². The molecule has 0 radical (unpaired) electrons. The van der Waals surface area contributed by atoms with Gasteiger partial charge in [0.05, 0.1) is 10.6 Å². The molecule has 1 aromatic rings. The maximum Gasteiger partial charge on any atom is 0.186 e. The van der Waals surface area contributed by atoms with Crippen LogP contribution in [-0.2, 0) is 6.42 Å². The van der Waals surface area contributed by atoms with E-state index in [9.17, 15) is 4.79 Å². The lowest BCUT2D eigenvalue weighted by Crippen LogP contribution is -2.32. The summed E-state index contributed by atoms with van der Waals surface area (Å²) < 4.78 is 0. The summed E-state index contributed by atoms with van der Waals surface area (Å²) >= 11 is 1.55. The van der Waals surface area contributed by atoms with Crippen LogP contribution in [0.2, 0.25) is 0 Å². The first kappa shape index (κ1) is 12.6. The van der Waals surface area contributed by atoms with Gasteiger partial charge in [-0.25, -0.2) is 4.98 Å². The Hall–Kier alpha value is -0.900. The molecular formula is C13H20N2OS. The summed E-state index contributed by atoms with van der Waals surface area (Å²) in [6, 6.07) is 0.635. The van der Waals surface area contributed by atoms with E-state index in [-0.39, 0.29) is 0 Å². The third kappa shape index (κ3) is 2.51. The summed E-state index contributed by atoms with van der Waals surface area (Å²) in [5.74, 6) is 0. The van der Waals surface area contributed by atoms with E-state index in [0.29, 0.717) is 6.04 Å². The number of carbonyl (C=O) groups excluding carboxylic acids is 1. The average Bonchev–Trinajstić information content (AvgIpc) is 2.99. The standard InChI is InChI=1S/C13H20N2OS/c1-3-11-12(9-16)17-13(14-11)15(4-2)10-7-5-6-8-10/h9-10H,3-8H2,1-2H3. The van der Waals surface area contributed by atoms with Gasteiger partial charge in [0.25, 0.3) is 0 Å². The molecule has 0 unspecified atom stereocenters. The smallest absolute Gasteiger partial charge is 0.186 e. The van der Waals surface area contributed by atoms with Crippen LogP contribution in [0.15, 0.2) is 0 Å². The molecule has 0 bridgehead atoms. The minimum Gasteiger partial charge on any atom is -0.345 e. The third-order valence-corrected chi connectivity index (χ3v) is 4.57. The lowest BCUT2D eigenvalue weighted by Gasteiger charge is -2.26. The number of nitrogens with zero attached hydrogens (tertiary/aromatic N) is 2. The van der Waals surface area contributed by atoms with Gasteiger partial charge in [0.15, 0.2) is 11.4 Å². The van der Waals surface area contributed by atoms with Crippen molar-refractivity contribution in [3.8, 4) is 0 Å². The molecule has 2 rings (SSSR count). The van der Waals surface area contributed by atoms with Crippen LogP contribution in [-0.4, -0.2) is 23.9 Å². The van der Waals surface area contributed by atoms with E-state index in [2.05, 4.69) is 23.7 Å². The van der Waals surface area contributed by atoms with E-state index in [1.54, 1.807) is 11.3 Å². The Kier molecular flexibility index (Phi) is 4.15. The number of carbonyl (C=O) groups is 1. The molecule has 1 aromatic heterocycles. The van der Waals surface area contributed by atoms with Crippen molar-refractivity contribution in [2.24, 2.45) is 0 Å². The second-order valence-electron chi connectivity index (χ2n) is 4.50. The first-order chi connectivity index (χ1) is 8.30. The monoisotopic (exact) mass is 252 g/mol. The Balaban J connectivity index is 2.23. The van der Waals surface area contributed by atoms with Crippen LogP contribution in [0.5, 0.6) is 0 Å². The zero-order valence-corrected chi connectivity index (χ0v) is 11.4. The van der Waals surface area contributed by atoms with Crippen LogP contribution in [0.4, 0.5) is 5.13 Å². The molecule has 0 spiro atoms. The van der Waals surface area contributed by atoms with Gasteiger partial charge in [0, 0.05) is 12.6 Å². The van der Waals surface area contributed by atoms with Crippen molar-refractivity contribution in [3.05, 3.63) is 10.6 Å². The molecule has 1 saturated carbocycles. The topological polar surface area (TPSA) is 33.2 Å². The lowest BCUT2D eigenvalue weighted by molar-refractivity contribution is 0.112. The van der Waals surface area contributed by atoms with Crippen molar-refractivity contribution < 1.29 is 4.79 Å². The van der Waals surface area contributed by atoms with Gasteiger partial charge in [0.1, 0.15) is 0 Å². The van der Waals surface area contributed by atoms with Gasteiger partial charge in [0.2, 0.25) is 0 Å². The molecule has 4 heteroatoms. The second kappa shape index (κ2) is 5.63. The number of thiazole rings is 1. The third-order valence-electron chi connectivity index (χ3n) is 3.51. The average molecular weight is 252 g/mol. The quantitative estimate of drug-likeness (QED) is 0.754. The zero-order chi connectivity index (χ0) is 12.3. The van der Waals surface area contributed by atoms with Gasteiger partial charge < -0.3 is 4.90 Å². The number of anilines is 1. The summed E-state index contributed by atoms with van der Waals surface area (Å²) in [4.78, 5) is 18.8. The Morgan fingerprint density at radius 1 is 1.41 bits per heavy atom. The van der Waals surface area contributed by atoms with Crippen LogP contribution >= 0.6 is 11.3 Å². The molecule has 0 aromatic carbocycles. The molecule has 1 aliphatic rings. The Morgan fingerprint density at radius 2 is 2.12 bits per heavy atom. The molecule has 94 valence electrons. The largest absolute Gasteiger partial charge is 0.345 e. The number of aryl methyl sites for hydroxylation is 1. The number of aldehydes is 1. The number of hydrogen-bond donors (Lipinski definition) is 0. The first-order valence-corrected chi connectivity index (χ1v) is 7.33. The SMILES string of the molecule is CCc1nc(N(CC)C2CCCC2)sc1C=O. The van der Waals surface area contributed by atoms with Crippen molar-refractivity contribution in [2.45, 2.75) is 52.0 Å². The van der Waals surface area contributed by atoms with Crippen LogP contribution in [0.1, 0.15) is 54.9 Å². The predicted molar refractivity (Wildman–Crippen MR) is 72.2 cm³/mol. The van der Waals surface area contributed by atoms with Crippen molar-refractivity contribution in [1.29, 1.82) is 0 Å². The van der Waals surface area contributed by atoms with E-state index in [0.717, 1.165) is 35.0 Å². The molecule has 1 aliphatic carbocycles. The van der Waals surface area contributed by atoms with Crippen molar-refractivity contribution >= 4 is 22.8 Å². The summed E-state index contributed by atoms with van der Waals surface area (Å²) in [5, 5.41) is 1.04. The van der Waals surface area contributed by atoms with Gasteiger partial charge in [-0.3, -0.25) is 4.79 Å². The van der Waals surface area contributed by atoms with Crippen LogP contribution < -0.4 is 4.90 Å². The van der Waals surface area contributed by atoms with E-state index >= 15 is 0 Å². The Labute approximate surface area is 107 Å². The first-order valence-electron chi connectivity index (χ1n) is 6.51. The van der Waals surface area contributed by atoms with Crippen LogP contribution in [0.25, 0.3) is 0 Å². The fourth-order valence-corrected chi connectivity index (χ4v) is 3.69. The highest BCUT2D eigenvalue weighted by atomic mass is 32.1. The van der Waals surface area contributed by atoms with Gasteiger partial charge in [-0.2, -0.15) is 0 Å². The number of hydrogen-bond acceptors (Lipinski definition) is 4. The highest BCUT2D eigenvalue weighted by molar-refractivity contribution is 7.17. The van der Waals surface area contributed by atoms with Crippen LogP contribution in [0, 0.1) is 0 Å². The fraction of sp³-hybridized carbons (Fsp3) is 0.692. The van der Waals surface area contributed by atoms with E-state index < -0.39 is 0 Å². The summed E-state index contributed by atoms with van der Waals surface area (Å²) in [7, 11) is 0. The molecule has 3 nitrogen and oxygen atoms in total. The summed E-state index contributed by atoms with van der Waals surface area (Å²) in [6.45, 7) is 5.21. The Bertz CT molecular complexity index is 383. The van der Waals surface area contributed by atoms with E-state index in [4.69, 9.17) is 0 Å². The molecule has 0 amide bonds. The van der Waals surface area contributed by atoms with Gasteiger partial charge >= 0.3 is 0 Å². The predicted octanol–water partition coefficient (Wildman–Crippen LogP) is 3.29. The maximum absolute atomic E-state index is 11.0. The van der Waals surface area contributed by atoms with Gasteiger partial charge in [-0.1, -0.05) is 31.1 Å². The molecule has 1 fully saturated rings. The fourth-order valence-electron chi connectivity index (χ4n) is 2.58. The highest BCUT2D eigenvalue weighted by Gasteiger charge is 2.24. The normalized spacial score (nSPS) is 16.4. The molecule has 0 saturated heterocycles. The highest BCUT2D eigenvalue weighted by Crippen LogP contribution is 2.32. The lowest BCUT2D eigenvalue weighted by atomic mass is 10.2. The second-order valence-corrected chi connectivity index (χ2v) is 5.51. The minimum absolute atomic E-state index is 0.635. The number of aromatic nitrogens is 1. The van der Waals surface area contributed by atoms with Gasteiger partial charge in [-0.15, -0.1) is 0 Å². The maximum atomic E-state index is 11.0. The summed E-state index contributed by atoms with van der Waals surface area (Å²) in [6.07, 6.45) is 6.98. The minimum atomic E-state index is 0.635. The van der Waals surface area contributed by atoms with E-state index in [1.807, 2.05) is 0 Å². The van der Waals surface area contributed by atoms with Crippen molar-refractivity contribution in [2.75, 3.05) is 11.4 Å². The molecule has 0 atom stereocenters. The Morgan fingerprint density at radius 3 is 2.59 bits per heavy atom. The van der Waals surface area contributed by atoms with E-state index in [1.165, 1.54) is 25.7 Å². The van der Waals surface area contributed by atoms with Crippen LogP contribution in [0.3, 0.4) is 0 Å². The zero-order valence-electron chi connectivity index (χ0n) is 10.6. The summed E-state index contributed by atoms with van der Waals surface area (Å²) in [5.41, 5.74) is 0.955. The molecule has 0 N–H and O–H groups in total. The molecule has 17 heavy (non-hydrogen) atoms. The molecular weight excluding hydrogens is 232 g/mol. The molecule has 0 aliphatic heterocycles. The molecule has 1 heterocycles. The number of rotatable bonds is 5. The van der Waals surface area contributed by atoms with Crippen molar-refractivity contribution in [1.82, 2.24) is 4.98 Å². The van der Waals surface area contributed by atoms with Crippen molar-refractivity contribution in [3.63, 3.8) is 0 Å².